The highest BCUT2D eigenvalue weighted by atomic mass is 16.2. The zero-order valence-corrected chi connectivity index (χ0v) is 8.36. The van der Waals surface area contributed by atoms with E-state index in [1.54, 1.807) is 0 Å². The third-order valence-electron chi connectivity index (χ3n) is 3.00. The van der Waals surface area contributed by atoms with E-state index in [2.05, 4.69) is 21.6 Å². The third kappa shape index (κ3) is 1.37. The number of carbonyl (C=O) groups is 1. The maximum Gasteiger partial charge on any atom is 0.243 e. The molecule has 1 saturated heterocycles. The Kier molecular flexibility index (Phi) is 1.89. The number of fused-ring (bicyclic) bond motifs is 1. The first-order valence-electron chi connectivity index (χ1n) is 5.21. The number of hydrogen-bond acceptors (Lipinski definition) is 3. The van der Waals surface area contributed by atoms with Crippen molar-refractivity contribution < 1.29 is 4.79 Å². The van der Waals surface area contributed by atoms with Crippen molar-refractivity contribution in [2.75, 3.05) is 29.9 Å². The minimum atomic E-state index is 0.0839. The zero-order chi connectivity index (χ0) is 10.3. The zero-order valence-electron chi connectivity index (χ0n) is 8.36. The van der Waals surface area contributed by atoms with Crippen molar-refractivity contribution in [3.05, 3.63) is 24.3 Å². The fraction of sp³-hybridized carbons (Fsp3) is 0.364. The van der Waals surface area contributed by atoms with Crippen LogP contribution in [0.2, 0.25) is 0 Å². The largest absolute Gasteiger partial charge is 0.355 e. The molecule has 0 spiro atoms. The summed E-state index contributed by atoms with van der Waals surface area (Å²) in [5, 5.41) is 6.12. The number of para-hydroxylation sites is 2. The van der Waals surface area contributed by atoms with Crippen molar-refractivity contribution in [3.8, 4) is 0 Å². The van der Waals surface area contributed by atoms with Crippen LogP contribution >= 0.6 is 0 Å². The molecule has 0 unspecified atom stereocenters. The Morgan fingerprint density at radius 1 is 1.27 bits per heavy atom. The summed E-state index contributed by atoms with van der Waals surface area (Å²) in [5.41, 5.74) is 2.07. The normalized spacial score (nSPS) is 20.5. The lowest BCUT2D eigenvalue weighted by Crippen LogP contribution is -2.60. The number of amides is 1. The molecule has 0 radical (unpaired) electrons. The molecule has 1 amide bonds. The standard InChI is InChI=1S/C11H13N3O/c15-11-7-14(8-5-12-6-8)10-4-2-1-3-9(10)13-11/h1-4,8,12H,5-7H2,(H,13,15). The summed E-state index contributed by atoms with van der Waals surface area (Å²) in [6.07, 6.45) is 0. The van der Waals surface area contributed by atoms with Crippen molar-refractivity contribution in [3.63, 3.8) is 0 Å². The molecule has 2 heterocycles. The van der Waals surface area contributed by atoms with E-state index in [1.165, 1.54) is 0 Å². The summed E-state index contributed by atoms with van der Waals surface area (Å²) >= 11 is 0. The van der Waals surface area contributed by atoms with E-state index in [1.807, 2.05) is 18.2 Å². The van der Waals surface area contributed by atoms with E-state index in [4.69, 9.17) is 0 Å². The molecular weight excluding hydrogens is 190 g/mol. The first-order chi connectivity index (χ1) is 7.34. The maximum atomic E-state index is 11.5. The summed E-state index contributed by atoms with van der Waals surface area (Å²) in [6, 6.07) is 8.44. The predicted octanol–water partition coefficient (Wildman–Crippen LogP) is 0.417. The van der Waals surface area contributed by atoms with Crippen LogP contribution in [-0.2, 0) is 4.79 Å². The molecule has 15 heavy (non-hydrogen) atoms. The van der Waals surface area contributed by atoms with Crippen LogP contribution in [0.25, 0.3) is 0 Å². The van der Waals surface area contributed by atoms with Gasteiger partial charge < -0.3 is 15.5 Å². The number of benzene rings is 1. The minimum absolute atomic E-state index is 0.0839. The van der Waals surface area contributed by atoms with E-state index in [9.17, 15) is 4.79 Å². The van der Waals surface area contributed by atoms with Crippen LogP contribution in [0, 0.1) is 0 Å². The maximum absolute atomic E-state index is 11.5. The molecule has 1 aromatic carbocycles. The number of nitrogens with zero attached hydrogens (tertiary/aromatic N) is 1. The highest BCUT2D eigenvalue weighted by Crippen LogP contribution is 2.30. The van der Waals surface area contributed by atoms with Gasteiger partial charge in [0.2, 0.25) is 5.91 Å². The number of carbonyl (C=O) groups excluding carboxylic acids is 1. The average Bonchev–Trinajstić information content (AvgIpc) is 2.14. The molecule has 2 N–H and O–H groups in total. The van der Waals surface area contributed by atoms with Gasteiger partial charge in [-0.15, -0.1) is 0 Å². The summed E-state index contributed by atoms with van der Waals surface area (Å²) < 4.78 is 0. The fourth-order valence-electron chi connectivity index (χ4n) is 2.08. The summed E-state index contributed by atoms with van der Waals surface area (Å²) in [6.45, 7) is 2.42. The Morgan fingerprint density at radius 2 is 2.07 bits per heavy atom. The van der Waals surface area contributed by atoms with Crippen molar-refractivity contribution >= 4 is 17.3 Å². The van der Waals surface area contributed by atoms with Gasteiger partial charge in [0.25, 0.3) is 0 Å². The average molecular weight is 203 g/mol. The van der Waals surface area contributed by atoms with Crippen LogP contribution in [-0.4, -0.2) is 31.6 Å². The van der Waals surface area contributed by atoms with E-state index < -0.39 is 0 Å². The molecule has 2 aliphatic heterocycles. The van der Waals surface area contributed by atoms with Gasteiger partial charge in [0.05, 0.1) is 24.0 Å². The fourth-order valence-corrected chi connectivity index (χ4v) is 2.08. The van der Waals surface area contributed by atoms with Gasteiger partial charge >= 0.3 is 0 Å². The first kappa shape index (κ1) is 8.73. The number of nitrogens with one attached hydrogen (secondary N) is 2. The second-order valence-electron chi connectivity index (χ2n) is 4.01. The second-order valence-corrected chi connectivity index (χ2v) is 4.01. The smallest absolute Gasteiger partial charge is 0.243 e. The number of hydrogen-bond donors (Lipinski definition) is 2. The lowest BCUT2D eigenvalue weighted by Gasteiger charge is -2.42. The van der Waals surface area contributed by atoms with Gasteiger partial charge in [0.1, 0.15) is 0 Å². The Morgan fingerprint density at radius 3 is 2.80 bits per heavy atom. The van der Waals surface area contributed by atoms with Gasteiger partial charge in [-0.2, -0.15) is 0 Å². The highest BCUT2D eigenvalue weighted by molar-refractivity contribution is 6.01. The molecule has 0 saturated carbocycles. The number of rotatable bonds is 1. The second kappa shape index (κ2) is 3.24. The molecule has 0 bridgehead atoms. The summed E-state index contributed by atoms with van der Waals surface area (Å²) in [5.74, 6) is 0.0839. The monoisotopic (exact) mass is 203 g/mol. The third-order valence-corrected chi connectivity index (χ3v) is 3.00. The van der Waals surface area contributed by atoms with Gasteiger partial charge in [-0.3, -0.25) is 4.79 Å². The molecule has 4 heteroatoms. The van der Waals surface area contributed by atoms with Crippen LogP contribution in [0.4, 0.5) is 11.4 Å². The van der Waals surface area contributed by atoms with Gasteiger partial charge in [0, 0.05) is 13.1 Å². The van der Waals surface area contributed by atoms with E-state index in [0.717, 1.165) is 24.5 Å². The SMILES string of the molecule is O=C1CN(C2CNC2)c2ccccc2N1. The summed E-state index contributed by atoms with van der Waals surface area (Å²) in [7, 11) is 0. The van der Waals surface area contributed by atoms with Crippen molar-refractivity contribution in [2.45, 2.75) is 6.04 Å². The molecule has 0 atom stereocenters. The molecule has 78 valence electrons. The predicted molar refractivity (Wildman–Crippen MR) is 59.1 cm³/mol. The molecule has 1 fully saturated rings. The molecule has 2 aliphatic rings. The highest BCUT2D eigenvalue weighted by Gasteiger charge is 2.30. The van der Waals surface area contributed by atoms with Crippen LogP contribution in [0.1, 0.15) is 0 Å². The Labute approximate surface area is 88.3 Å². The van der Waals surface area contributed by atoms with Crippen molar-refractivity contribution in [2.24, 2.45) is 0 Å². The molecule has 1 aromatic rings. The van der Waals surface area contributed by atoms with E-state index in [0.29, 0.717) is 12.6 Å². The summed E-state index contributed by atoms with van der Waals surface area (Å²) in [4.78, 5) is 13.7. The van der Waals surface area contributed by atoms with Crippen LogP contribution < -0.4 is 15.5 Å². The Bertz CT molecular complexity index is 401. The van der Waals surface area contributed by atoms with Crippen LogP contribution in [0.15, 0.2) is 24.3 Å². The molecular formula is C11H13N3O. The van der Waals surface area contributed by atoms with Gasteiger partial charge in [0.15, 0.2) is 0 Å². The lowest BCUT2D eigenvalue weighted by atomic mass is 10.1. The molecule has 3 rings (SSSR count). The Hall–Kier alpha value is -1.55. The van der Waals surface area contributed by atoms with Crippen LogP contribution in [0.5, 0.6) is 0 Å². The lowest BCUT2D eigenvalue weighted by molar-refractivity contribution is -0.115. The quantitative estimate of drug-likeness (QED) is 0.695. The van der Waals surface area contributed by atoms with Crippen molar-refractivity contribution in [1.29, 1.82) is 0 Å². The van der Waals surface area contributed by atoms with Crippen LogP contribution in [0.3, 0.4) is 0 Å². The Balaban J connectivity index is 1.98. The van der Waals surface area contributed by atoms with Gasteiger partial charge in [-0.25, -0.2) is 0 Å². The molecule has 0 aliphatic carbocycles. The van der Waals surface area contributed by atoms with E-state index in [-0.39, 0.29) is 5.91 Å². The first-order valence-corrected chi connectivity index (χ1v) is 5.21. The van der Waals surface area contributed by atoms with E-state index >= 15 is 0 Å². The molecule has 4 nitrogen and oxygen atoms in total. The minimum Gasteiger partial charge on any atom is -0.355 e. The van der Waals surface area contributed by atoms with Crippen molar-refractivity contribution in [1.82, 2.24) is 5.32 Å². The molecule has 0 aromatic heterocycles. The topological polar surface area (TPSA) is 44.4 Å². The van der Waals surface area contributed by atoms with Gasteiger partial charge in [-0.05, 0) is 12.1 Å². The number of anilines is 2. The van der Waals surface area contributed by atoms with Gasteiger partial charge in [-0.1, -0.05) is 12.1 Å².